The highest BCUT2D eigenvalue weighted by Gasteiger charge is 2.32. The molecule has 0 aliphatic carbocycles. The normalized spacial score (nSPS) is 20.0. The molecule has 0 aromatic heterocycles. The average molecular weight is 275 g/mol. The molecule has 2 unspecified atom stereocenters. The first kappa shape index (κ1) is 14.5. The van der Waals surface area contributed by atoms with Gasteiger partial charge in [0.05, 0.1) is 0 Å². The Hall–Kier alpha value is -1.88. The van der Waals surface area contributed by atoms with Crippen molar-refractivity contribution in [2.45, 2.75) is 38.4 Å². The Labute approximate surface area is 119 Å². The molecule has 1 aromatic carbocycles. The fraction of sp³-hybridized carbons (Fsp3) is 0.467. The molecule has 2 rings (SSSR count). The molecule has 1 saturated heterocycles. The van der Waals surface area contributed by atoms with Gasteiger partial charge in [0.1, 0.15) is 6.04 Å². The van der Waals surface area contributed by atoms with E-state index in [-0.39, 0.29) is 24.3 Å². The summed E-state index contributed by atoms with van der Waals surface area (Å²) < 4.78 is 0. The lowest BCUT2D eigenvalue weighted by Crippen LogP contribution is -2.42. The molecule has 5 heteroatoms. The second-order valence-corrected chi connectivity index (χ2v) is 5.34. The molecule has 1 aliphatic heterocycles. The molecule has 1 aromatic rings. The summed E-state index contributed by atoms with van der Waals surface area (Å²) in [4.78, 5) is 25.7. The van der Waals surface area contributed by atoms with Crippen LogP contribution in [-0.2, 0) is 16.1 Å². The van der Waals surface area contributed by atoms with Crippen LogP contribution in [0, 0.1) is 0 Å². The Balaban J connectivity index is 1.88. The van der Waals surface area contributed by atoms with Gasteiger partial charge in [-0.25, -0.2) is 0 Å². The predicted molar refractivity (Wildman–Crippen MR) is 76.7 cm³/mol. The van der Waals surface area contributed by atoms with Crippen LogP contribution < -0.4 is 11.1 Å². The van der Waals surface area contributed by atoms with Crippen molar-refractivity contribution in [3.63, 3.8) is 0 Å². The summed E-state index contributed by atoms with van der Waals surface area (Å²) in [5.74, 6) is -0.160. The van der Waals surface area contributed by atoms with Gasteiger partial charge in [0.25, 0.3) is 0 Å². The van der Waals surface area contributed by atoms with Gasteiger partial charge in [-0.3, -0.25) is 9.59 Å². The SMILES string of the molecule is CC(N)CC(=O)NC1CCN(Cc2ccccc2)C1=O. The van der Waals surface area contributed by atoms with E-state index in [1.807, 2.05) is 30.3 Å². The Morgan fingerprint density at radius 2 is 2.15 bits per heavy atom. The fourth-order valence-corrected chi connectivity index (χ4v) is 2.38. The second kappa shape index (κ2) is 6.52. The number of nitrogens with zero attached hydrogens (tertiary/aromatic N) is 1. The molecule has 0 radical (unpaired) electrons. The number of rotatable bonds is 5. The Kier molecular flexibility index (Phi) is 4.74. The zero-order chi connectivity index (χ0) is 14.5. The van der Waals surface area contributed by atoms with Crippen molar-refractivity contribution in [3.8, 4) is 0 Å². The standard InChI is InChI=1S/C15H21N3O2/c1-11(16)9-14(19)17-13-7-8-18(15(13)20)10-12-5-3-2-4-6-12/h2-6,11,13H,7-10,16H2,1H3,(H,17,19). The molecule has 3 N–H and O–H groups in total. The van der Waals surface area contributed by atoms with E-state index < -0.39 is 6.04 Å². The summed E-state index contributed by atoms with van der Waals surface area (Å²) >= 11 is 0. The maximum absolute atomic E-state index is 12.2. The van der Waals surface area contributed by atoms with Crippen molar-refractivity contribution in [2.75, 3.05) is 6.54 Å². The van der Waals surface area contributed by atoms with Crippen LogP contribution in [0.25, 0.3) is 0 Å². The Morgan fingerprint density at radius 1 is 1.45 bits per heavy atom. The van der Waals surface area contributed by atoms with Crippen molar-refractivity contribution in [2.24, 2.45) is 5.73 Å². The molecule has 2 atom stereocenters. The van der Waals surface area contributed by atoms with E-state index in [0.717, 1.165) is 5.56 Å². The van der Waals surface area contributed by atoms with E-state index >= 15 is 0 Å². The molecule has 5 nitrogen and oxygen atoms in total. The van der Waals surface area contributed by atoms with Crippen LogP contribution in [0.3, 0.4) is 0 Å². The number of amides is 2. The number of likely N-dealkylation sites (tertiary alicyclic amines) is 1. The van der Waals surface area contributed by atoms with Crippen LogP contribution in [0.1, 0.15) is 25.3 Å². The monoisotopic (exact) mass is 275 g/mol. The fourth-order valence-electron chi connectivity index (χ4n) is 2.38. The van der Waals surface area contributed by atoms with E-state index in [0.29, 0.717) is 19.5 Å². The molecule has 1 heterocycles. The summed E-state index contributed by atoms with van der Waals surface area (Å²) in [6.45, 7) is 3.05. The smallest absolute Gasteiger partial charge is 0.245 e. The number of hydrogen-bond acceptors (Lipinski definition) is 3. The first-order valence-electron chi connectivity index (χ1n) is 6.94. The summed E-state index contributed by atoms with van der Waals surface area (Å²) in [5.41, 5.74) is 6.68. The van der Waals surface area contributed by atoms with Crippen LogP contribution in [0.15, 0.2) is 30.3 Å². The second-order valence-electron chi connectivity index (χ2n) is 5.34. The van der Waals surface area contributed by atoms with Crippen LogP contribution in [-0.4, -0.2) is 35.3 Å². The zero-order valence-electron chi connectivity index (χ0n) is 11.7. The molecular formula is C15H21N3O2. The van der Waals surface area contributed by atoms with Gasteiger partial charge >= 0.3 is 0 Å². The van der Waals surface area contributed by atoms with Crippen LogP contribution in [0.4, 0.5) is 0 Å². The van der Waals surface area contributed by atoms with Crippen LogP contribution in [0.5, 0.6) is 0 Å². The topological polar surface area (TPSA) is 75.4 Å². The maximum atomic E-state index is 12.2. The highest BCUT2D eigenvalue weighted by atomic mass is 16.2. The third-order valence-corrected chi connectivity index (χ3v) is 3.36. The summed E-state index contributed by atoms with van der Waals surface area (Å²) in [7, 11) is 0. The van der Waals surface area contributed by atoms with Crippen molar-refractivity contribution in [3.05, 3.63) is 35.9 Å². The van der Waals surface area contributed by atoms with E-state index in [9.17, 15) is 9.59 Å². The minimum absolute atomic E-state index is 0.00752. The lowest BCUT2D eigenvalue weighted by atomic mass is 10.2. The van der Waals surface area contributed by atoms with Crippen molar-refractivity contribution < 1.29 is 9.59 Å². The lowest BCUT2D eigenvalue weighted by Gasteiger charge is -2.17. The number of carbonyl (C=O) groups excluding carboxylic acids is 2. The molecule has 0 saturated carbocycles. The molecule has 0 bridgehead atoms. The van der Waals surface area contributed by atoms with Gasteiger partial charge in [-0.15, -0.1) is 0 Å². The number of nitrogens with two attached hydrogens (primary N) is 1. The molecule has 20 heavy (non-hydrogen) atoms. The lowest BCUT2D eigenvalue weighted by molar-refractivity contribution is -0.133. The van der Waals surface area contributed by atoms with Crippen molar-refractivity contribution in [1.82, 2.24) is 10.2 Å². The minimum Gasteiger partial charge on any atom is -0.344 e. The van der Waals surface area contributed by atoms with Gasteiger partial charge in [0, 0.05) is 25.6 Å². The molecule has 1 fully saturated rings. The molecule has 0 spiro atoms. The summed E-state index contributed by atoms with van der Waals surface area (Å²) in [6, 6.07) is 9.27. The van der Waals surface area contributed by atoms with Gasteiger partial charge in [0.2, 0.25) is 11.8 Å². The Bertz CT molecular complexity index is 473. The van der Waals surface area contributed by atoms with Gasteiger partial charge in [-0.2, -0.15) is 0 Å². The highest BCUT2D eigenvalue weighted by Crippen LogP contribution is 2.15. The van der Waals surface area contributed by atoms with Gasteiger partial charge in [0.15, 0.2) is 0 Å². The summed E-state index contributed by atoms with van der Waals surface area (Å²) in [6.07, 6.45) is 0.916. The van der Waals surface area contributed by atoms with Crippen LogP contribution >= 0.6 is 0 Å². The van der Waals surface area contributed by atoms with Gasteiger partial charge in [-0.05, 0) is 18.9 Å². The van der Waals surface area contributed by atoms with Gasteiger partial charge < -0.3 is 16.0 Å². The predicted octanol–water partition coefficient (Wildman–Crippen LogP) is 0.641. The quantitative estimate of drug-likeness (QED) is 0.828. The maximum Gasteiger partial charge on any atom is 0.245 e. The minimum atomic E-state index is -0.398. The zero-order valence-corrected chi connectivity index (χ0v) is 11.7. The van der Waals surface area contributed by atoms with E-state index in [4.69, 9.17) is 5.73 Å². The third-order valence-electron chi connectivity index (χ3n) is 3.36. The number of carbonyl (C=O) groups is 2. The summed E-state index contributed by atoms with van der Waals surface area (Å²) in [5, 5.41) is 2.77. The largest absolute Gasteiger partial charge is 0.344 e. The first-order chi connectivity index (χ1) is 9.56. The average Bonchev–Trinajstić information content (AvgIpc) is 2.72. The third kappa shape index (κ3) is 3.81. The highest BCUT2D eigenvalue weighted by molar-refractivity contribution is 5.89. The molecule has 108 valence electrons. The van der Waals surface area contributed by atoms with Crippen molar-refractivity contribution >= 4 is 11.8 Å². The van der Waals surface area contributed by atoms with Crippen molar-refractivity contribution in [1.29, 1.82) is 0 Å². The number of nitrogens with one attached hydrogen (secondary N) is 1. The van der Waals surface area contributed by atoms with E-state index in [2.05, 4.69) is 5.32 Å². The number of benzene rings is 1. The van der Waals surface area contributed by atoms with Crippen LogP contribution in [0.2, 0.25) is 0 Å². The first-order valence-corrected chi connectivity index (χ1v) is 6.94. The number of hydrogen-bond donors (Lipinski definition) is 2. The van der Waals surface area contributed by atoms with Gasteiger partial charge in [-0.1, -0.05) is 30.3 Å². The molecule has 2 amide bonds. The Morgan fingerprint density at radius 3 is 2.80 bits per heavy atom. The molecule has 1 aliphatic rings. The molecular weight excluding hydrogens is 254 g/mol. The van der Waals surface area contributed by atoms with E-state index in [1.165, 1.54) is 0 Å². The van der Waals surface area contributed by atoms with E-state index in [1.54, 1.807) is 11.8 Å².